The molecule has 106 valence electrons. The van der Waals surface area contributed by atoms with Gasteiger partial charge in [-0.2, -0.15) is 0 Å². The van der Waals surface area contributed by atoms with Crippen LogP contribution in [0.5, 0.6) is 0 Å². The van der Waals surface area contributed by atoms with Crippen LogP contribution in [0.1, 0.15) is 64.0 Å². The molecule has 1 unspecified atom stereocenters. The second-order valence-electron chi connectivity index (χ2n) is 5.81. The Morgan fingerprint density at radius 1 is 1.58 bits per heavy atom. The molecule has 19 heavy (non-hydrogen) atoms. The van der Waals surface area contributed by atoms with Gasteiger partial charge in [0.15, 0.2) is 0 Å². The third-order valence-electron chi connectivity index (χ3n) is 2.84. The number of carbonyl (C=O) groups excluding carboxylic acids is 1. The van der Waals surface area contributed by atoms with Crippen molar-refractivity contribution in [1.82, 2.24) is 15.3 Å². The molecular formula is C13H21N3O3. The van der Waals surface area contributed by atoms with Gasteiger partial charge in [0.2, 0.25) is 0 Å². The molecule has 2 atom stereocenters. The van der Waals surface area contributed by atoms with Crippen LogP contribution in [-0.2, 0) is 16.1 Å². The summed E-state index contributed by atoms with van der Waals surface area (Å²) in [5.74, 6) is 0.728. The van der Waals surface area contributed by atoms with E-state index in [1.165, 1.54) is 0 Å². The van der Waals surface area contributed by atoms with E-state index in [0.717, 1.165) is 17.2 Å². The minimum absolute atomic E-state index is 0.00808. The Kier molecular flexibility index (Phi) is 3.54. The SMILES string of the molecule is CC1OCc2[nH]c([C@H](C)NC(=O)OC(C)(C)C)nc21. The number of carbonyl (C=O) groups is 1. The highest BCUT2D eigenvalue weighted by Gasteiger charge is 2.26. The first-order valence-electron chi connectivity index (χ1n) is 6.46. The number of imidazole rings is 1. The number of nitrogens with zero attached hydrogens (tertiary/aromatic N) is 1. The van der Waals surface area contributed by atoms with Crippen LogP contribution >= 0.6 is 0 Å². The predicted octanol–water partition coefficient (Wildman–Crippen LogP) is 2.59. The average Bonchev–Trinajstić information content (AvgIpc) is 2.78. The molecule has 0 aromatic carbocycles. The van der Waals surface area contributed by atoms with Crippen LogP contribution < -0.4 is 5.32 Å². The van der Waals surface area contributed by atoms with Crippen molar-refractivity contribution in [2.24, 2.45) is 0 Å². The first-order chi connectivity index (χ1) is 8.76. The van der Waals surface area contributed by atoms with Crippen LogP contribution in [0, 0.1) is 0 Å². The second-order valence-corrected chi connectivity index (χ2v) is 5.81. The van der Waals surface area contributed by atoms with Crippen molar-refractivity contribution in [3.63, 3.8) is 0 Å². The topological polar surface area (TPSA) is 76.2 Å². The molecule has 0 saturated heterocycles. The minimum atomic E-state index is -0.503. The van der Waals surface area contributed by atoms with E-state index in [0.29, 0.717) is 6.61 Å². The minimum Gasteiger partial charge on any atom is -0.444 e. The zero-order valence-corrected chi connectivity index (χ0v) is 12.0. The van der Waals surface area contributed by atoms with Gasteiger partial charge in [0, 0.05) is 0 Å². The number of nitrogens with one attached hydrogen (secondary N) is 2. The number of hydrogen-bond donors (Lipinski definition) is 2. The Morgan fingerprint density at radius 3 is 2.84 bits per heavy atom. The van der Waals surface area contributed by atoms with Crippen molar-refractivity contribution < 1.29 is 14.3 Å². The first kappa shape index (κ1) is 13.9. The molecule has 1 aromatic heterocycles. The van der Waals surface area contributed by atoms with Crippen LogP contribution in [0.15, 0.2) is 0 Å². The third kappa shape index (κ3) is 3.26. The van der Waals surface area contributed by atoms with E-state index in [9.17, 15) is 4.79 Å². The number of aromatic amines is 1. The number of alkyl carbamates (subject to hydrolysis) is 1. The quantitative estimate of drug-likeness (QED) is 0.863. The van der Waals surface area contributed by atoms with E-state index in [1.54, 1.807) is 0 Å². The summed E-state index contributed by atoms with van der Waals surface area (Å²) in [5, 5.41) is 2.76. The molecule has 1 amide bonds. The lowest BCUT2D eigenvalue weighted by atomic mass is 10.2. The van der Waals surface area contributed by atoms with Gasteiger partial charge in [-0.25, -0.2) is 9.78 Å². The van der Waals surface area contributed by atoms with Crippen LogP contribution in [-0.4, -0.2) is 21.7 Å². The molecule has 1 aromatic rings. The number of ether oxygens (including phenoxy) is 2. The Hall–Kier alpha value is -1.56. The standard InChI is InChI=1S/C13H21N3O3/c1-7(14-12(17)19-13(3,4)5)11-15-9-6-18-8(2)10(9)16-11/h7-8H,6H2,1-5H3,(H,14,17)(H,15,16)/t7-,8?/m0/s1. The molecule has 2 N–H and O–H groups in total. The van der Waals surface area contributed by atoms with Gasteiger partial charge in [0.1, 0.15) is 11.4 Å². The maximum atomic E-state index is 11.7. The Labute approximate surface area is 112 Å². The van der Waals surface area contributed by atoms with Gasteiger partial charge < -0.3 is 19.8 Å². The molecule has 1 aliphatic rings. The van der Waals surface area contributed by atoms with Gasteiger partial charge in [-0.3, -0.25) is 0 Å². The third-order valence-corrected chi connectivity index (χ3v) is 2.84. The van der Waals surface area contributed by atoms with E-state index in [1.807, 2.05) is 34.6 Å². The molecule has 6 nitrogen and oxygen atoms in total. The summed E-state index contributed by atoms with van der Waals surface area (Å²) >= 11 is 0. The van der Waals surface area contributed by atoms with E-state index < -0.39 is 11.7 Å². The fourth-order valence-corrected chi connectivity index (χ4v) is 1.94. The Morgan fingerprint density at radius 2 is 2.26 bits per heavy atom. The first-order valence-corrected chi connectivity index (χ1v) is 6.46. The normalized spacial score (nSPS) is 19.9. The maximum Gasteiger partial charge on any atom is 0.408 e. The van der Waals surface area contributed by atoms with Gasteiger partial charge >= 0.3 is 6.09 Å². The van der Waals surface area contributed by atoms with Gasteiger partial charge in [0.05, 0.1) is 30.1 Å². The average molecular weight is 267 g/mol. The van der Waals surface area contributed by atoms with Crippen molar-refractivity contribution in [3.8, 4) is 0 Å². The number of rotatable bonds is 2. The lowest BCUT2D eigenvalue weighted by molar-refractivity contribution is 0.0505. The van der Waals surface area contributed by atoms with Crippen LogP contribution in [0.3, 0.4) is 0 Å². The predicted molar refractivity (Wildman–Crippen MR) is 69.6 cm³/mol. The highest BCUT2D eigenvalue weighted by Crippen LogP contribution is 2.29. The largest absolute Gasteiger partial charge is 0.444 e. The molecule has 0 fully saturated rings. The molecule has 0 spiro atoms. The number of fused-ring (bicyclic) bond motifs is 1. The summed E-state index contributed by atoms with van der Waals surface area (Å²) in [5.41, 5.74) is 1.41. The van der Waals surface area contributed by atoms with Crippen molar-refractivity contribution in [2.75, 3.05) is 0 Å². The molecule has 0 aliphatic carbocycles. The van der Waals surface area contributed by atoms with Crippen LogP contribution in [0.25, 0.3) is 0 Å². The van der Waals surface area contributed by atoms with E-state index in [2.05, 4.69) is 15.3 Å². The molecule has 0 saturated carbocycles. The van der Waals surface area contributed by atoms with Gasteiger partial charge in [-0.1, -0.05) is 0 Å². The molecule has 6 heteroatoms. The zero-order chi connectivity index (χ0) is 14.2. The molecule has 0 radical (unpaired) electrons. The van der Waals surface area contributed by atoms with Crippen LogP contribution in [0.2, 0.25) is 0 Å². The zero-order valence-electron chi connectivity index (χ0n) is 12.0. The molecule has 1 aliphatic heterocycles. The summed E-state index contributed by atoms with van der Waals surface area (Å²) in [6.07, 6.45) is -0.436. The number of aromatic nitrogens is 2. The summed E-state index contributed by atoms with van der Waals surface area (Å²) in [6.45, 7) is 9.86. The summed E-state index contributed by atoms with van der Waals surface area (Å²) in [4.78, 5) is 19.3. The molecular weight excluding hydrogens is 246 g/mol. The van der Waals surface area contributed by atoms with Crippen LogP contribution in [0.4, 0.5) is 4.79 Å². The highest BCUT2D eigenvalue weighted by atomic mass is 16.6. The van der Waals surface area contributed by atoms with E-state index in [-0.39, 0.29) is 12.1 Å². The van der Waals surface area contributed by atoms with Gasteiger partial charge in [0.25, 0.3) is 0 Å². The van der Waals surface area contributed by atoms with Crippen molar-refractivity contribution in [1.29, 1.82) is 0 Å². The monoisotopic (exact) mass is 267 g/mol. The highest BCUT2D eigenvalue weighted by molar-refractivity contribution is 5.68. The summed E-state index contributed by atoms with van der Waals surface area (Å²) < 4.78 is 10.7. The molecule has 0 bridgehead atoms. The van der Waals surface area contributed by atoms with Crippen molar-refractivity contribution >= 4 is 6.09 Å². The number of amides is 1. The lowest BCUT2D eigenvalue weighted by Gasteiger charge is -2.21. The molecule has 2 heterocycles. The van der Waals surface area contributed by atoms with Crippen molar-refractivity contribution in [3.05, 3.63) is 17.2 Å². The number of H-pyrrole nitrogens is 1. The fraction of sp³-hybridized carbons (Fsp3) is 0.692. The van der Waals surface area contributed by atoms with Gasteiger partial charge in [-0.05, 0) is 34.6 Å². The number of hydrogen-bond acceptors (Lipinski definition) is 4. The Bertz CT molecular complexity index is 476. The maximum absolute atomic E-state index is 11.7. The fourth-order valence-electron chi connectivity index (χ4n) is 1.94. The van der Waals surface area contributed by atoms with Crippen molar-refractivity contribution in [2.45, 2.75) is 59.0 Å². The summed E-state index contributed by atoms with van der Waals surface area (Å²) in [6, 6.07) is -0.229. The molecule has 2 rings (SSSR count). The van der Waals surface area contributed by atoms with E-state index >= 15 is 0 Å². The van der Waals surface area contributed by atoms with Gasteiger partial charge in [-0.15, -0.1) is 0 Å². The smallest absolute Gasteiger partial charge is 0.408 e. The van der Waals surface area contributed by atoms with E-state index in [4.69, 9.17) is 9.47 Å². The second kappa shape index (κ2) is 4.85. The summed E-state index contributed by atoms with van der Waals surface area (Å²) in [7, 11) is 0. The Balaban J connectivity index is 1.99. The lowest BCUT2D eigenvalue weighted by Crippen LogP contribution is -2.34.